The molecule has 0 spiro atoms. The van der Waals surface area contributed by atoms with Gasteiger partial charge in [0.2, 0.25) is 0 Å². The van der Waals surface area contributed by atoms with Gasteiger partial charge in [-0.2, -0.15) is 0 Å². The maximum atomic E-state index is 5.96. The lowest BCUT2D eigenvalue weighted by molar-refractivity contribution is 0.153. The van der Waals surface area contributed by atoms with Gasteiger partial charge in [0.1, 0.15) is 28.5 Å². The first-order chi connectivity index (χ1) is 13.4. The highest BCUT2D eigenvalue weighted by atomic mass is 28.3. The summed E-state index contributed by atoms with van der Waals surface area (Å²) >= 11 is 0. The van der Waals surface area contributed by atoms with E-state index in [4.69, 9.17) is 9.47 Å². The first-order valence-electron chi connectivity index (χ1n) is 10.7. The number of methoxy groups -OCH3 is 1. The molecule has 0 aromatic heterocycles. The summed E-state index contributed by atoms with van der Waals surface area (Å²) in [6.07, 6.45) is 0. The molecule has 0 unspecified atom stereocenters. The molecule has 0 fully saturated rings. The summed E-state index contributed by atoms with van der Waals surface area (Å²) in [6.45, 7) is 21.7. The fourth-order valence-corrected chi connectivity index (χ4v) is 9.78. The molecular formula is C25H40O2Si2. The van der Waals surface area contributed by atoms with Crippen LogP contribution in [0, 0.1) is 22.9 Å². The molecule has 0 atom stereocenters. The van der Waals surface area contributed by atoms with Crippen LogP contribution in [0.2, 0.25) is 36.3 Å². The number of hydrogen-bond donors (Lipinski definition) is 0. The highest BCUT2D eigenvalue weighted by Crippen LogP contribution is 2.40. The van der Waals surface area contributed by atoms with Crippen LogP contribution in [0.1, 0.15) is 52.7 Å². The third-order valence-corrected chi connectivity index (χ3v) is 12.7. The van der Waals surface area contributed by atoms with Crippen LogP contribution in [0.5, 0.6) is 5.75 Å². The van der Waals surface area contributed by atoms with Gasteiger partial charge in [0, 0.05) is 5.56 Å². The van der Waals surface area contributed by atoms with Crippen LogP contribution < -0.4 is 4.74 Å². The van der Waals surface area contributed by atoms with Gasteiger partial charge in [-0.15, -0.1) is 11.1 Å². The van der Waals surface area contributed by atoms with E-state index in [0.29, 0.717) is 29.8 Å². The lowest BCUT2D eigenvalue weighted by Gasteiger charge is -2.38. The van der Waals surface area contributed by atoms with Gasteiger partial charge in [-0.25, -0.2) is 0 Å². The third kappa shape index (κ3) is 7.38. The van der Waals surface area contributed by atoms with E-state index >= 15 is 0 Å². The van der Waals surface area contributed by atoms with Gasteiger partial charge in [-0.3, -0.25) is 0 Å². The summed E-state index contributed by atoms with van der Waals surface area (Å²) in [6, 6.07) is 6.02. The minimum Gasteiger partial charge on any atom is -0.497 e. The Morgan fingerprint density at radius 2 is 1.48 bits per heavy atom. The van der Waals surface area contributed by atoms with Crippen molar-refractivity contribution in [1.82, 2.24) is 0 Å². The van der Waals surface area contributed by atoms with Crippen LogP contribution in [0.4, 0.5) is 0 Å². The molecule has 0 saturated carbocycles. The van der Waals surface area contributed by atoms with Crippen LogP contribution in [0.15, 0.2) is 18.2 Å². The molecule has 0 aliphatic rings. The molecule has 1 aromatic carbocycles. The van der Waals surface area contributed by atoms with Crippen LogP contribution in [-0.4, -0.2) is 29.9 Å². The zero-order valence-corrected chi connectivity index (χ0v) is 22.2. The van der Waals surface area contributed by atoms with Crippen molar-refractivity contribution in [3.05, 3.63) is 29.3 Å². The third-order valence-electron chi connectivity index (χ3n) is 5.49. The Bertz CT molecular complexity index is 759. The second kappa shape index (κ2) is 11.1. The molecule has 160 valence electrons. The molecule has 0 bridgehead atoms. The molecule has 2 nitrogen and oxygen atoms in total. The maximum Gasteiger partial charge on any atom is 0.146 e. The molecule has 0 amide bonds. The number of benzene rings is 1. The second-order valence-electron chi connectivity index (χ2n) is 9.71. The number of ether oxygens (including phenoxy) is 2. The molecular weight excluding hydrogens is 388 g/mol. The van der Waals surface area contributed by atoms with Gasteiger partial charge >= 0.3 is 0 Å². The fourth-order valence-electron chi connectivity index (χ4n) is 4.03. The van der Waals surface area contributed by atoms with Gasteiger partial charge in [-0.1, -0.05) is 73.0 Å². The smallest absolute Gasteiger partial charge is 0.146 e. The van der Waals surface area contributed by atoms with Crippen LogP contribution in [0.3, 0.4) is 0 Å². The lowest BCUT2D eigenvalue weighted by atomic mass is 10.1. The van der Waals surface area contributed by atoms with Crippen molar-refractivity contribution in [2.24, 2.45) is 0 Å². The van der Waals surface area contributed by atoms with E-state index in [1.807, 2.05) is 18.2 Å². The molecule has 4 heteroatoms. The van der Waals surface area contributed by atoms with Gasteiger partial charge in [0.15, 0.2) is 0 Å². The Hall–Kier alpha value is -1.47. The van der Waals surface area contributed by atoms with Gasteiger partial charge in [0.05, 0.1) is 13.7 Å². The lowest BCUT2D eigenvalue weighted by Crippen LogP contribution is -2.43. The zero-order chi connectivity index (χ0) is 22.2. The monoisotopic (exact) mass is 428 g/mol. The van der Waals surface area contributed by atoms with Crippen molar-refractivity contribution in [3.63, 3.8) is 0 Å². The molecule has 0 saturated heterocycles. The number of hydrogen-bond acceptors (Lipinski definition) is 2. The van der Waals surface area contributed by atoms with Crippen molar-refractivity contribution < 1.29 is 9.47 Å². The summed E-state index contributed by atoms with van der Waals surface area (Å²) in [5, 5.41) is 0. The minimum atomic E-state index is -1.70. The summed E-state index contributed by atoms with van der Waals surface area (Å²) in [7, 11) is -1.44. The largest absolute Gasteiger partial charge is 0.497 e. The van der Waals surface area contributed by atoms with E-state index in [9.17, 15) is 0 Å². The van der Waals surface area contributed by atoms with E-state index in [1.165, 1.54) is 0 Å². The Balaban J connectivity index is 2.97. The van der Waals surface area contributed by atoms with E-state index < -0.39 is 16.1 Å². The molecule has 0 N–H and O–H groups in total. The van der Waals surface area contributed by atoms with Crippen molar-refractivity contribution >= 4 is 16.1 Å². The molecule has 0 aliphatic heterocycles. The SMILES string of the molecule is COc1ccc(C#C[Si](C)(C)C)c(COCC#C[Si](C(C)C)(C(C)C)C(C)C)c1. The fraction of sp³-hybridized carbons (Fsp3) is 0.600. The maximum absolute atomic E-state index is 5.96. The highest BCUT2D eigenvalue weighted by molar-refractivity contribution is 6.90. The van der Waals surface area contributed by atoms with Crippen molar-refractivity contribution in [2.45, 2.75) is 84.4 Å². The topological polar surface area (TPSA) is 18.5 Å². The summed E-state index contributed by atoms with van der Waals surface area (Å²) in [5.74, 6) is 7.57. The average molecular weight is 429 g/mol. The van der Waals surface area contributed by atoms with Crippen molar-refractivity contribution in [3.8, 4) is 28.7 Å². The zero-order valence-electron chi connectivity index (χ0n) is 20.2. The predicted molar refractivity (Wildman–Crippen MR) is 132 cm³/mol. The van der Waals surface area contributed by atoms with Crippen molar-refractivity contribution in [2.75, 3.05) is 13.7 Å². The van der Waals surface area contributed by atoms with E-state index in [0.717, 1.165) is 16.9 Å². The molecule has 0 radical (unpaired) electrons. The highest BCUT2D eigenvalue weighted by Gasteiger charge is 2.41. The van der Waals surface area contributed by atoms with E-state index in [1.54, 1.807) is 7.11 Å². The van der Waals surface area contributed by atoms with Crippen LogP contribution in [0.25, 0.3) is 0 Å². The normalized spacial score (nSPS) is 11.9. The molecule has 1 aromatic rings. The Labute approximate surface area is 181 Å². The number of rotatable bonds is 7. The Morgan fingerprint density at radius 3 is 1.97 bits per heavy atom. The molecule has 0 aliphatic carbocycles. The van der Waals surface area contributed by atoms with Gasteiger partial charge in [-0.05, 0) is 40.4 Å². The van der Waals surface area contributed by atoms with Crippen LogP contribution >= 0.6 is 0 Å². The molecule has 0 heterocycles. The van der Waals surface area contributed by atoms with E-state index in [2.05, 4.69) is 84.1 Å². The first kappa shape index (κ1) is 25.6. The average Bonchev–Trinajstić information content (AvgIpc) is 2.61. The van der Waals surface area contributed by atoms with Gasteiger partial charge in [0.25, 0.3) is 0 Å². The van der Waals surface area contributed by atoms with E-state index in [-0.39, 0.29) is 0 Å². The summed E-state index contributed by atoms with van der Waals surface area (Å²) in [4.78, 5) is 0. The predicted octanol–water partition coefficient (Wildman–Crippen LogP) is 6.66. The molecule has 29 heavy (non-hydrogen) atoms. The molecule has 1 rings (SSSR count). The van der Waals surface area contributed by atoms with Crippen molar-refractivity contribution in [1.29, 1.82) is 0 Å². The van der Waals surface area contributed by atoms with Crippen LogP contribution in [-0.2, 0) is 11.3 Å². The Kier molecular flexibility index (Phi) is 9.76. The minimum absolute atomic E-state index is 0.457. The standard InChI is InChI=1S/C25H40O2Si2/c1-20(2)29(21(3)4,22(5)6)16-11-15-27-19-24-18-25(26-7)13-12-23(24)14-17-28(8,9)10/h12-13,18,20-22H,15,19H2,1-10H3. The summed E-state index contributed by atoms with van der Waals surface area (Å²) in [5.41, 5.74) is 11.2. The quantitative estimate of drug-likeness (QED) is 0.274. The summed E-state index contributed by atoms with van der Waals surface area (Å²) < 4.78 is 11.4. The first-order valence-corrected chi connectivity index (χ1v) is 16.4. The Morgan fingerprint density at radius 1 is 0.897 bits per heavy atom. The second-order valence-corrected chi connectivity index (χ2v) is 20.0. The van der Waals surface area contributed by atoms with Gasteiger partial charge < -0.3 is 9.47 Å².